The summed E-state index contributed by atoms with van der Waals surface area (Å²) in [7, 11) is 0. The zero-order valence-corrected chi connectivity index (χ0v) is 10.1. The van der Waals surface area contributed by atoms with Gasteiger partial charge < -0.3 is 5.32 Å². The van der Waals surface area contributed by atoms with E-state index in [2.05, 4.69) is 15.3 Å². The highest BCUT2D eigenvalue weighted by atomic mass is 16.1. The average molecular weight is 249 g/mol. The number of fused-ring (bicyclic) bond motifs is 1. The molecule has 1 aromatic heterocycles. The fourth-order valence-electron chi connectivity index (χ4n) is 1.88. The first kappa shape index (κ1) is 11.3. The molecular formula is C15H11N3O. The van der Waals surface area contributed by atoms with E-state index in [1.807, 2.05) is 36.4 Å². The number of hydrogen-bond acceptors (Lipinski definition) is 3. The molecule has 4 nitrogen and oxygen atoms in total. The van der Waals surface area contributed by atoms with Crippen molar-refractivity contribution < 1.29 is 4.79 Å². The third kappa shape index (κ3) is 2.42. The first-order chi connectivity index (χ1) is 9.33. The Kier molecular flexibility index (Phi) is 2.90. The Hall–Kier alpha value is -2.75. The van der Waals surface area contributed by atoms with Gasteiger partial charge in [-0.1, -0.05) is 30.3 Å². The van der Waals surface area contributed by atoms with Gasteiger partial charge >= 0.3 is 0 Å². The van der Waals surface area contributed by atoms with Crippen molar-refractivity contribution in [2.45, 2.75) is 0 Å². The number of carbonyl (C=O) groups is 1. The summed E-state index contributed by atoms with van der Waals surface area (Å²) < 4.78 is 0. The SMILES string of the molecule is O=C(Nc1ccncn1)c1ccc2ccccc2c1. The molecule has 1 heterocycles. The number of nitrogens with one attached hydrogen (secondary N) is 1. The smallest absolute Gasteiger partial charge is 0.256 e. The summed E-state index contributed by atoms with van der Waals surface area (Å²) in [5.74, 6) is 0.317. The van der Waals surface area contributed by atoms with E-state index in [-0.39, 0.29) is 5.91 Å². The second kappa shape index (κ2) is 4.86. The van der Waals surface area contributed by atoms with Gasteiger partial charge in [-0.25, -0.2) is 9.97 Å². The van der Waals surface area contributed by atoms with Crippen LogP contribution in [0, 0.1) is 0 Å². The van der Waals surface area contributed by atoms with Gasteiger partial charge in [-0.3, -0.25) is 4.79 Å². The van der Waals surface area contributed by atoms with E-state index in [9.17, 15) is 4.79 Å². The van der Waals surface area contributed by atoms with E-state index < -0.39 is 0 Å². The summed E-state index contributed by atoms with van der Waals surface area (Å²) in [4.78, 5) is 19.9. The minimum atomic E-state index is -0.176. The van der Waals surface area contributed by atoms with Gasteiger partial charge in [-0.05, 0) is 29.0 Å². The molecule has 3 aromatic rings. The number of amides is 1. The van der Waals surface area contributed by atoms with Crippen molar-refractivity contribution in [3.63, 3.8) is 0 Å². The molecule has 2 aromatic carbocycles. The van der Waals surface area contributed by atoms with Crippen molar-refractivity contribution in [1.29, 1.82) is 0 Å². The van der Waals surface area contributed by atoms with E-state index in [1.54, 1.807) is 18.3 Å². The number of nitrogens with zero attached hydrogens (tertiary/aromatic N) is 2. The topological polar surface area (TPSA) is 54.9 Å². The summed E-state index contributed by atoms with van der Waals surface area (Å²) in [6.07, 6.45) is 2.99. The van der Waals surface area contributed by atoms with Gasteiger partial charge in [0.15, 0.2) is 0 Å². The molecule has 0 unspecified atom stereocenters. The molecule has 0 bridgehead atoms. The van der Waals surface area contributed by atoms with Gasteiger partial charge in [0.2, 0.25) is 0 Å². The lowest BCUT2D eigenvalue weighted by Gasteiger charge is -2.05. The van der Waals surface area contributed by atoms with Crippen LogP contribution in [0.25, 0.3) is 10.8 Å². The predicted octanol–water partition coefficient (Wildman–Crippen LogP) is 2.88. The first-order valence-corrected chi connectivity index (χ1v) is 5.89. The van der Waals surface area contributed by atoms with Gasteiger partial charge in [0.25, 0.3) is 5.91 Å². The minimum Gasteiger partial charge on any atom is -0.306 e. The number of benzene rings is 2. The number of hydrogen-bond donors (Lipinski definition) is 1. The normalized spacial score (nSPS) is 10.3. The van der Waals surface area contributed by atoms with Crippen molar-refractivity contribution >= 4 is 22.5 Å². The molecule has 0 aliphatic heterocycles. The molecular weight excluding hydrogens is 238 g/mol. The maximum atomic E-state index is 12.1. The Morgan fingerprint density at radius 1 is 1.00 bits per heavy atom. The standard InChI is InChI=1S/C15H11N3O/c19-15(18-14-7-8-16-10-17-14)13-6-5-11-3-1-2-4-12(11)9-13/h1-10H,(H,16,17,18,19). The largest absolute Gasteiger partial charge is 0.306 e. The highest BCUT2D eigenvalue weighted by molar-refractivity contribution is 6.05. The van der Waals surface area contributed by atoms with E-state index in [0.29, 0.717) is 11.4 Å². The zero-order chi connectivity index (χ0) is 13.1. The summed E-state index contributed by atoms with van der Waals surface area (Å²) in [5, 5.41) is 4.88. The van der Waals surface area contributed by atoms with E-state index >= 15 is 0 Å². The number of aromatic nitrogens is 2. The van der Waals surface area contributed by atoms with Crippen LogP contribution in [0.2, 0.25) is 0 Å². The number of rotatable bonds is 2. The molecule has 4 heteroatoms. The molecule has 1 N–H and O–H groups in total. The molecule has 0 saturated carbocycles. The summed E-state index contributed by atoms with van der Waals surface area (Å²) in [6.45, 7) is 0. The van der Waals surface area contributed by atoms with Crippen molar-refractivity contribution in [3.05, 3.63) is 66.6 Å². The van der Waals surface area contributed by atoms with E-state index in [1.165, 1.54) is 6.33 Å². The van der Waals surface area contributed by atoms with Crippen LogP contribution >= 0.6 is 0 Å². The van der Waals surface area contributed by atoms with Crippen molar-refractivity contribution in [1.82, 2.24) is 9.97 Å². The van der Waals surface area contributed by atoms with Crippen LogP contribution in [-0.4, -0.2) is 15.9 Å². The zero-order valence-electron chi connectivity index (χ0n) is 10.1. The number of anilines is 1. The predicted molar refractivity (Wildman–Crippen MR) is 73.9 cm³/mol. The Morgan fingerprint density at radius 3 is 2.63 bits per heavy atom. The van der Waals surface area contributed by atoms with E-state index in [4.69, 9.17) is 0 Å². The average Bonchev–Trinajstić information content (AvgIpc) is 2.48. The van der Waals surface area contributed by atoms with Crippen molar-refractivity contribution in [3.8, 4) is 0 Å². The van der Waals surface area contributed by atoms with Crippen LogP contribution in [0.3, 0.4) is 0 Å². The second-order valence-electron chi connectivity index (χ2n) is 4.11. The molecule has 3 rings (SSSR count). The Morgan fingerprint density at radius 2 is 1.84 bits per heavy atom. The fourth-order valence-corrected chi connectivity index (χ4v) is 1.88. The molecule has 0 saturated heterocycles. The Labute approximate surface area is 110 Å². The van der Waals surface area contributed by atoms with E-state index in [0.717, 1.165) is 10.8 Å². The fraction of sp³-hybridized carbons (Fsp3) is 0. The van der Waals surface area contributed by atoms with Gasteiger partial charge in [0.1, 0.15) is 12.1 Å². The van der Waals surface area contributed by atoms with Crippen LogP contribution in [0.1, 0.15) is 10.4 Å². The molecule has 0 spiro atoms. The molecule has 92 valence electrons. The molecule has 19 heavy (non-hydrogen) atoms. The highest BCUT2D eigenvalue weighted by Crippen LogP contribution is 2.16. The van der Waals surface area contributed by atoms with Crippen molar-refractivity contribution in [2.24, 2.45) is 0 Å². The first-order valence-electron chi connectivity index (χ1n) is 5.89. The lowest BCUT2D eigenvalue weighted by molar-refractivity contribution is 0.102. The summed E-state index contributed by atoms with van der Waals surface area (Å²) in [5.41, 5.74) is 0.609. The molecule has 0 fully saturated rings. The van der Waals surface area contributed by atoms with Gasteiger partial charge in [0.05, 0.1) is 0 Å². The quantitative estimate of drug-likeness (QED) is 0.759. The lowest BCUT2D eigenvalue weighted by Crippen LogP contribution is -2.12. The van der Waals surface area contributed by atoms with Gasteiger partial charge in [-0.15, -0.1) is 0 Å². The maximum Gasteiger partial charge on any atom is 0.256 e. The van der Waals surface area contributed by atoms with Crippen LogP contribution in [0.15, 0.2) is 61.1 Å². The third-order valence-electron chi connectivity index (χ3n) is 2.84. The number of carbonyl (C=O) groups excluding carboxylic acids is 1. The van der Waals surface area contributed by atoms with Gasteiger partial charge in [-0.2, -0.15) is 0 Å². The lowest BCUT2D eigenvalue weighted by atomic mass is 10.1. The van der Waals surface area contributed by atoms with Crippen LogP contribution in [0.4, 0.5) is 5.82 Å². The van der Waals surface area contributed by atoms with Crippen molar-refractivity contribution in [2.75, 3.05) is 5.32 Å². The third-order valence-corrected chi connectivity index (χ3v) is 2.84. The second-order valence-corrected chi connectivity index (χ2v) is 4.11. The highest BCUT2D eigenvalue weighted by Gasteiger charge is 2.07. The monoisotopic (exact) mass is 249 g/mol. The van der Waals surface area contributed by atoms with Crippen LogP contribution in [0.5, 0.6) is 0 Å². The summed E-state index contributed by atoms with van der Waals surface area (Å²) in [6, 6.07) is 15.2. The summed E-state index contributed by atoms with van der Waals surface area (Å²) >= 11 is 0. The van der Waals surface area contributed by atoms with Gasteiger partial charge in [0, 0.05) is 11.8 Å². The Bertz CT molecular complexity index is 726. The van der Waals surface area contributed by atoms with Crippen LogP contribution < -0.4 is 5.32 Å². The molecule has 0 aliphatic carbocycles. The molecule has 1 amide bonds. The minimum absolute atomic E-state index is 0.176. The van der Waals surface area contributed by atoms with Crippen LogP contribution in [-0.2, 0) is 0 Å². The Balaban J connectivity index is 1.89. The molecule has 0 radical (unpaired) electrons. The molecule has 0 atom stereocenters. The molecule has 0 aliphatic rings. The maximum absolute atomic E-state index is 12.1.